The SMILES string of the molecule is COc1ccc(COC(=O)C(C)(C)CC2CC(F)(F)CN2Cc2ccccc2)cc1. The van der Waals surface area contributed by atoms with Gasteiger partial charge in [-0.15, -0.1) is 0 Å². The number of carbonyl (C=O) groups excluding carboxylic acids is 1. The number of benzene rings is 2. The smallest absolute Gasteiger partial charge is 0.311 e. The van der Waals surface area contributed by atoms with E-state index in [2.05, 4.69) is 0 Å². The van der Waals surface area contributed by atoms with E-state index in [0.29, 0.717) is 13.0 Å². The van der Waals surface area contributed by atoms with Crippen LogP contribution >= 0.6 is 0 Å². The molecular weight excluding hydrogens is 388 g/mol. The van der Waals surface area contributed by atoms with Crippen molar-refractivity contribution in [3.05, 3.63) is 65.7 Å². The Labute approximate surface area is 176 Å². The summed E-state index contributed by atoms with van der Waals surface area (Å²) in [7, 11) is 1.59. The predicted molar refractivity (Wildman–Crippen MR) is 111 cm³/mol. The molecule has 1 aliphatic heterocycles. The Morgan fingerprint density at radius 2 is 1.77 bits per heavy atom. The second kappa shape index (κ2) is 9.13. The van der Waals surface area contributed by atoms with Gasteiger partial charge >= 0.3 is 5.97 Å². The highest BCUT2D eigenvalue weighted by atomic mass is 19.3. The number of rotatable bonds is 8. The molecule has 0 spiro atoms. The van der Waals surface area contributed by atoms with Crippen molar-refractivity contribution in [3.8, 4) is 5.75 Å². The molecule has 1 aliphatic rings. The third-order valence-electron chi connectivity index (χ3n) is 5.54. The summed E-state index contributed by atoms with van der Waals surface area (Å²) in [6.07, 6.45) is 0.0753. The van der Waals surface area contributed by atoms with Crippen molar-refractivity contribution in [1.82, 2.24) is 4.90 Å². The molecule has 0 bridgehead atoms. The number of hydrogen-bond donors (Lipinski definition) is 0. The zero-order valence-corrected chi connectivity index (χ0v) is 17.7. The minimum absolute atomic E-state index is 0.140. The van der Waals surface area contributed by atoms with Gasteiger partial charge < -0.3 is 9.47 Å². The highest BCUT2D eigenvalue weighted by Crippen LogP contribution is 2.39. The van der Waals surface area contributed by atoms with Crippen LogP contribution in [0.3, 0.4) is 0 Å². The van der Waals surface area contributed by atoms with Gasteiger partial charge in [-0.2, -0.15) is 0 Å². The molecule has 2 aromatic carbocycles. The van der Waals surface area contributed by atoms with E-state index in [0.717, 1.165) is 16.9 Å². The molecule has 1 unspecified atom stereocenters. The summed E-state index contributed by atoms with van der Waals surface area (Å²) < 4.78 is 39.0. The summed E-state index contributed by atoms with van der Waals surface area (Å²) in [5, 5.41) is 0. The molecule has 0 aromatic heterocycles. The number of likely N-dealkylation sites (tertiary alicyclic amines) is 1. The van der Waals surface area contributed by atoms with Crippen molar-refractivity contribution in [2.24, 2.45) is 5.41 Å². The van der Waals surface area contributed by atoms with Crippen LogP contribution in [-0.2, 0) is 22.7 Å². The fourth-order valence-corrected chi connectivity index (χ4v) is 3.91. The lowest BCUT2D eigenvalue weighted by Crippen LogP contribution is -2.37. The van der Waals surface area contributed by atoms with Crippen molar-refractivity contribution in [2.75, 3.05) is 13.7 Å². The molecule has 0 saturated carbocycles. The second-order valence-electron chi connectivity index (χ2n) is 8.62. The molecule has 6 heteroatoms. The molecule has 4 nitrogen and oxygen atoms in total. The van der Waals surface area contributed by atoms with Crippen LogP contribution in [0.25, 0.3) is 0 Å². The van der Waals surface area contributed by atoms with Gasteiger partial charge in [0, 0.05) is 19.0 Å². The van der Waals surface area contributed by atoms with E-state index in [1.807, 2.05) is 42.5 Å². The van der Waals surface area contributed by atoms with Crippen molar-refractivity contribution in [3.63, 3.8) is 0 Å². The lowest BCUT2D eigenvalue weighted by molar-refractivity contribution is -0.156. The van der Waals surface area contributed by atoms with Crippen LogP contribution in [0.5, 0.6) is 5.75 Å². The molecule has 3 rings (SSSR count). The maximum atomic E-state index is 14.2. The van der Waals surface area contributed by atoms with E-state index in [-0.39, 0.29) is 31.6 Å². The summed E-state index contributed by atoms with van der Waals surface area (Å²) >= 11 is 0. The molecule has 0 amide bonds. The summed E-state index contributed by atoms with van der Waals surface area (Å²) in [6, 6.07) is 16.5. The average molecular weight is 417 g/mol. The van der Waals surface area contributed by atoms with E-state index in [9.17, 15) is 13.6 Å². The van der Waals surface area contributed by atoms with Gasteiger partial charge in [0.05, 0.1) is 19.1 Å². The van der Waals surface area contributed by atoms with Gasteiger partial charge in [-0.3, -0.25) is 9.69 Å². The average Bonchev–Trinajstić information content (AvgIpc) is 2.99. The number of carbonyl (C=O) groups is 1. The van der Waals surface area contributed by atoms with Crippen molar-refractivity contribution in [1.29, 1.82) is 0 Å². The van der Waals surface area contributed by atoms with Crippen LogP contribution in [0, 0.1) is 5.41 Å². The van der Waals surface area contributed by atoms with Crippen molar-refractivity contribution < 1.29 is 23.0 Å². The molecule has 2 aromatic rings. The number of methoxy groups -OCH3 is 1. The zero-order chi connectivity index (χ0) is 21.8. The number of hydrogen-bond acceptors (Lipinski definition) is 4. The molecule has 0 aliphatic carbocycles. The lowest BCUT2D eigenvalue weighted by Gasteiger charge is -2.30. The first-order valence-corrected chi connectivity index (χ1v) is 10.1. The highest BCUT2D eigenvalue weighted by molar-refractivity contribution is 5.76. The van der Waals surface area contributed by atoms with Crippen LogP contribution in [0.4, 0.5) is 8.78 Å². The van der Waals surface area contributed by atoms with Gasteiger partial charge in [0.2, 0.25) is 0 Å². The maximum absolute atomic E-state index is 14.2. The fraction of sp³-hybridized carbons (Fsp3) is 0.458. The lowest BCUT2D eigenvalue weighted by atomic mass is 9.84. The highest BCUT2D eigenvalue weighted by Gasteiger charge is 2.47. The summed E-state index contributed by atoms with van der Waals surface area (Å²) in [5.41, 5.74) is 0.963. The second-order valence-corrected chi connectivity index (χ2v) is 8.62. The van der Waals surface area contributed by atoms with Crippen LogP contribution in [0.15, 0.2) is 54.6 Å². The summed E-state index contributed by atoms with van der Waals surface area (Å²) in [4.78, 5) is 14.5. The number of halogens is 2. The Balaban J connectivity index is 1.61. The molecule has 0 radical (unpaired) electrons. The van der Waals surface area contributed by atoms with E-state index >= 15 is 0 Å². The number of esters is 1. The zero-order valence-electron chi connectivity index (χ0n) is 17.7. The van der Waals surface area contributed by atoms with Crippen LogP contribution in [0.2, 0.25) is 0 Å². The first-order chi connectivity index (χ1) is 14.2. The summed E-state index contributed by atoms with van der Waals surface area (Å²) in [6.45, 7) is 3.82. The van der Waals surface area contributed by atoms with E-state index in [4.69, 9.17) is 9.47 Å². The number of alkyl halides is 2. The topological polar surface area (TPSA) is 38.8 Å². The molecule has 30 heavy (non-hydrogen) atoms. The Bertz CT molecular complexity index is 837. The number of ether oxygens (including phenoxy) is 2. The predicted octanol–water partition coefficient (Wildman–Crippen LogP) is 5.06. The van der Waals surface area contributed by atoms with Gasteiger partial charge in [-0.05, 0) is 43.5 Å². The van der Waals surface area contributed by atoms with Crippen LogP contribution < -0.4 is 4.74 Å². The van der Waals surface area contributed by atoms with E-state index < -0.39 is 11.3 Å². The van der Waals surface area contributed by atoms with Gasteiger partial charge in [-0.1, -0.05) is 42.5 Å². The van der Waals surface area contributed by atoms with Gasteiger partial charge in [0.15, 0.2) is 0 Å². The Morgan fingerprint density at radius 3 is 2.40 bits per heavy atom. The van der Waals surface area contributed by atoms with Gasteiger partial charge in [0.1, 0.15) is 12.4 Å². The quantitative estimate of drug-likeness (QED) is 0.563. The van der Waals surface area contributed by atoms with Crippen molar-refractivity contribution in [2.45, 2.75) is 51.8 Å². The molecule has 162 valence electrons. The third kappa shape index (κ3) is 5.79. The molecule has 1 heterocycles. The Hall–Kier alpha value is -2.47. The van der Waals surface area contributed by atoms with Crippen LogP contribution in [-0.4, -0.2) is 36.5 Å². The summed E-state index contributed by atoms with van der Waals surface area (Å²) in [5.74, 6) is -2.40. The maximum Gasteiger partial charge on any atom is 0.311 e. The minimum atomic E-state index is -2.75. The first-order valence-electron chi connectivity index (χ1n) is 10.1. The number of nitrogens with zero attached hydrogens (tertiary/aromatic N) is 1. The first kappa shape index (κ1) is 22.2. The normalized spacial score (nSPS) is 18.9. The largest absolute Gasteiger partial charge is 0.497 e. The Kier molecular flexibility index (Phi) is 6.76. The standard InChI is InChI=1S/C24H29F2NO3/c1-23(2,22(28)30-16-19-9-11-21(29-3)12-10-19)13-20-14-24(25,26)17-27(20)15-18-7-5-4-6-8-18/h4-12,20H,13-17H2,1-3H3. The van der Waals surface area contributed by atoms with Crippen LogP contribution in [0.1, 0.15) is 37.8 Å². The minimum Gasteiger partial charge on any atom is -0.497 e. The Morgan fingerprint density at radius 1 is 1.10 bits per heavy atom. The van der Waals surface area contributed by atoms with E-state index in [1.54, 1.807) is 38.0 Å². The molecular formula is C24H29F2NO3. The molecule has 1 fully saturated rings. The van der Waals surface area contributed by atoms with Gasteiger partial charge in [-0.25, -0.2) is 8.78 Å². The van der Waals surface area contributed by atoms with Gasteiger partial charge in [0.25, 0.3) is 5.92 Å². The third-order valence-corrected chi connectivity index (χ3v) is 5.54. The monoisotopic (exact) mass is 417 g/mol. The molecule has 0 N–H and O–H groups in total. The van der Waals surface area contributed by atoms with Crippen molar-refractivity contribution >= 4 is 5.97 Å². The fourth-order valence-electron chi connectivity index (χ4n) is 3.91. The molecule has 1 atom stereocenters. The molecule has 1 saturated heterocycles. The van der Waals surface area contributed by atoms with E-state index in [1.165, 1.54) is 0 Å².